The van der Waals surface area contributed by atoms with Gasteiger partial charge < -0.3 is 5.11 Å². The van der Waals surface area contributed by atoms with Crippen molar-refractivity contribution in [1.29, 1.82) is 0 Å². The van der Waals surface area contributed by atoms with Gasteiger partial charge in [-0.2, -0.15) is 0 Å². The lowest BCUT2D eigenvalue weighted by molar-refractivity contribution is -0.164. The Labute approximate surface area is 108 Å². The van der Waals surface area contributed by atoms with Gasteiger partial charge in [0.1, 0.15) is 5.41 Å². The summed E-state index contributed by atoms with van der Waals surface area (Å²) in [4.78, 5) is 24.1. The lowest BCUT2D eigenvalue weighted by atomic mass is 9.46. The van der Waals surface area contributed by atoms with Gasteiger partial charge in [-0.3, -0.25) is 9.59 Å². The van der Waals surface area contributed by atoms with Gasteiger partial charge in [0.2, 0.25) is 0 Å². The van der Waals surface area contributed by atoms with E-state index in [9.17, 15) is 14.7 Å². The van der Waals surface area contributed by atoms with Crippen molar-refractivity contribution >= 4 is 11.8 Å². The maximum absolute atomic E-state index is 12.8. The third kappa shape index (κ3) is 1.55. The number of ketones is 1. The zero-order chi connectivity index (χ0) is 13.1. The van der Waals surface area contributed by atoms with Crippen LogP contribution in [0.15, 0.2) is 0 Å². The SMILES string of the molecule is CC(C)(C(=O)O)C(=O)C12CC3CC(CC(C3)C1)C2. The van der Waals surface area contributed by atoms with Crippen LogP contribution in [0.3, 0.4) is 0 Å². The summed E-state index contributed by atoms with van der Waals surface area (Å²) < 4.78 is 0. The van der Waals surface area contributed by atoms with Crippen LogP contribution in [-0.2, 0) is 9.59 Å². The van der Waals surface area contributed by atoms with Crippen molar-refractivity contribution in [2.75, 3.05) is 0 Å². The van der Waals surface area contributed by atoms with Crippen molar-refractivity contribution in [3.05, 3.63) is 0 Å². The normalized spacial score (nSPS) is 42.0. The van der Waals surface area contributed by atoms with E-state index >= 15 is 0 Å². The molecule has 0 radical (unpaired) electrons. The molecule has 0 amide bonds. The number of carboxylic acids is 1. The molecule has 4 fully saturated rings. The quantitative estimate of drug-likeness (QED) is 0.784. The fourth-order valence-electron chi connectivity index (χ4n) is 5.15. The molecule has 0 heterocycles. The van der Waals surface area contributed by atoms with Gasteiger partial charge in [-0.15, -0.1) is 0 Å². The molecule has 4 rings (SSSR count). The molecule has 4 aliphatic rings. The second kappa shape index (κ2) is 3.58. The predicted molar refractivity (Wildman–Crippen MR) is 67.0 cm³/mol. The highest BCUT2D eigenvalue weighted by molar-refractivity contribution is 6.05. The smallest absolute Gasteiger partial charge is 0.316 e. The number of Topliss-reactive ketones (excluding diaryl/α,β-unsaturated/α-hetero) is 1. The molecule has 3 nitrogen and oxygen atoms in total. The molecule has 4 aliphatic carbocycles. The van der Waals surface area contributed by atoms with E-state index in [0.717, 1.165) is 19.3 Å². The second-order valence-electron chi connectivity index (χ2n) is 7.46. The molecule has 0 aromatic rings. The molecule has 0 saturated heterocycles. The van der Waals surface area contributed by atoms with Gasteiger partial charge in [0.05, 0.1) is 0 Å². The van der Waals surface area contributed by atoms with Gasteiger partial charge >= 0.3 is 5.97 Å². The molecule has 0 aromatic carbocycles. The van der Waals surface area contributed by atoms with Gasteiger partial charge in [-0.25, -0.2) is 0 Å². The van der Waals surface area contributed by atoms with E-state index < -0.39 is 11.4 Å². The van der Waals surface area contributed by atoms with E-state index in [0.29, 0.717) is 17.8 Å². The van der Waals surface area contributed by atoms with E-state index in [4.69, 9.17) is 0 Å². The van der Waals surface area contributed by atoms with Crippen LogP contribution in [0.25, 0.3) is 0 Å². The summed E-state index contributed by atoms with van der Waals surface area (Å²) in [5, 5.41) is 9.29. The minimum Gasteiger partial charge on any atom is -0.481 e. The molecule has 100 valence electrons. The Morgan fingerprint density at radius 1 is 1.00 bits per heavy atom. The number of carboxylic acid groups (broad SMARTS) is 1. The van der Waals surface area contributed by atoms with Crippen LogP contribution in [0.5, 0.6) is 0 Å². The summed E-state index contributed by atoms with van der Waals surface area (Å²) >= 11 is 0. The molecule has 0 spiro atoms. The molecule has 1 N–H and O–H groups in total. The van der Waals surface area contributed by atoms with Crippen LogP contribution in [0, 0.1) is 28.6 Å². The summed E-state index contributed by atoms with van der Waals surface area (Å²) in [6, 6.07) is 0. The minimum absolute atomic E-state index is 0.00148. The molecule has 0 atom stereocenters. The number of hydrogen-bond acceptors (Lipinski definition) is 2. The summed E-state index contributed by atoms with van der Waals surface area (Å²) in [6.07, 6.45) is 6.69. The fourth-order valence-corrected chi connectivity index (χ4v) is 5.15. The van der Waals surface area contributed by atoms with Crippen molar-refractivity contribution < 1.29 is 14.7 Å². The number of rotatable bonds is 3. The lowest BCUT2D eigenvalue weighted by Gasteiger charge is -2.57. The maximum Gasteiger partial charge on any atom is 0.316 e. The summed E-state index contributed by atoms with van der Waals surface area (Å²) in [7, 11) is 0. The van der Waals surface area contributed by atoms with Gasteiger partial charge in [0.15, 0.2) is 5.78 Å². The Kier molecular flexibility index (Phi) is 2.43. The average Bonchev–Trinajstić information content (AvgIpc) is 2.25. The molecule has 0 aromatic heterocycles. The van der Waals surface area contributed by atoms with Crippen molar-refractivity contribution in [3.63, 3.8) is 0 Å². The highest BCUT2D eigenvalue weighted by atomic mass is 16.4. The van der Waals surface area contributed by atoms with Crippen LogP contribution in [0.4, 0.5) is 0 Å². The monoisotopic (exact) mass is 250 g/mol. The lowest BCUT2D eigenvalue weighted by Crippen LogP contribution is -2.54. The molecule has 0 unspecified atom stereocenters. The third-order valence-corrected chi connectivity index (χ3v) is 5.62. The van der Waals surface area contributed by atoms with Crippen LogP contribution in [-0.4, -0.2) is 16.9 Å². The van der Waals surface area contributed by atoms with Crippen LogP contribution < -0.4 is 0 Å². The van der Waals surface area contributed by atoms with Crippen LogP contribution >= 0.6 is 0 Å². The summed E-state index contributed by atoms with van der Waals surface area (Å²) in [6.45, 7) is 3.16. The molecule has 18 heavy (non-hydrogen) atoms. The van der Waals surface area contributed by atoms with Gasteiger partial charge in [0.25, 0.3) is 0 Å². The van der Waals surface area contributed by atoms with Gasteiger partial charge in [-0.05, 0) is 70.1 Å². The largest absolute Gasteiger partial charge is 0.481 e. The van der Waals surface area contributed by atoms with E-state index in [1.165, 1.54) is 19.3 Å². The zero-order valence-corrected chi connectivity index (χ0v) is 11.2. The Morgan fingerprint density at radius 3 is 1.72 bits per heavy atom. The van der Waals surface area contributed by atoms with Crippen molar-refractivity contribution in [2.45, 2.75) is 52.4 Å². The highest BCUT2D eigenvalue weighted by Gasteiger charge is 2.58. The molecule has 4 saturated carbocycles. The first-order chi connectivity index (χ1) is 8.33. The predicted octanol–water partition coefficient (Wildman–Crippen LogP) is 2.88. The Bertz CT molecular complexity index is 373. The van der Waals surface area contributed by atoms with E-state index in [-0.39, 0.29) is 11.2 Å². The Balaban J connectivity index is 1.92. The van der Waals surface area contributed by atoms with Gasteiger partial charge in [-0.1, -0.05) is 0 Å². The number of aliphatic carboxylic acids is 1. The topological polar surface area (TPSA) is 54.4 Å². The first-order valence-electron chi connectivity index (χ1n) is 7.12. The maximum atomic E-state index is 12.8. The second-order valence-corrected chi connectivity index (χ2v) is 7.46. The standard InChI is InChI=1S/C15H22O3/c1-14(2,13(17)18)12(16)15-6-9-3-10(7-15)5-11(4-9)8-15/h9-11H,3-8H2,1-2H3,(H,17,18). The summed E-state index contributed by atoms with van der Waals surface area (Å²) in [5.41, 5.74) is -1.51. The first-order valence-corrected chi connectivity index (χ1v) is 7.12. The fraction of sp³-hybridized carbons (Fsp3) is 0.867. The van der Waals surface area contributed by atoms with E-state index in [1.54, 1.807) is 13.8 Å². The number of carbonyl (C=O) groups is 2. The number of carbonyl (C=O) groups excluding carboxylic acids is 1. The Morgan fingerprint density at radius 2 is 1.39 bits per heavy atom. The average molecular weight is 250 g/mol. The van der Waals surface area contributed by atoms with E-state index in [2.05, 4.69) is 0 Å². The van der Waals surface area contributed by atoms with Crippen molar-refractivity contribution in [3.8, 4) is 0 Å². The van der Waals surface area contributed by atoms with E-state index in [1.807, 2.05) is 0 Å². The van der Waals surface area contributed by atoms with Crippen molar-refractivity contribution in [2.24, 2.45) is 28.6 Å². The highest BCUT2D eigenvalue weighted by Crippen LogP contribution is 2.61. The van der Waals surface area contributed by atoms with Crippen LogP contribution in [0.2, 0.25) is 0 Å². The molecular weight excluding hydrogens is 228 g/mol. The van der Waals surface area contributed by atoms with Gasteiger partial charge in [0, 0.05) is 5.41 Å². The van der Waals surface area contributed by atoms with Crippen LogP contribution in [0.1, 0.15) is 52.4 Å². The molecular formula is C15H22O3. The molecule has 0 aliphatic heterocycles. The summed E-state index contributed by atoms with van der Waals surface area (Å²) in [5.74, 6) is 1.09. The van der Waals surface area contributed by atoms with Crippen molar-refractivity contribution in [1.82, 2.24) is 0 Å². The first kappa shape index (κ1) is 12.2. The molecule has 3 heteroatoms. The number of hydrogen-bond donors (Lipinski definition) is 1. The third-order valence-electron chi connectivity index (χ3n) is 5.62. The zero-order valence-electron chi connectivity index (χ0n) is 11.2. The Hall–Kier alpha value is -0.860. The minimum atomic E-state index is -1.22. The molecule has 4 bridgehead atoms.